The molecule has 0 unspecified atom stereocenters. The molecule has 1 aliphatic heterocycles. The highest BCUT2D eigenvalue weighted by Crippen LogP contribution is 2.46. The lowest BCUT2D eigenvalue weighted by Gasteiger charge is -2.43. The molecule has 0 aromatic heterocycles. The summed E-state index contributed by atoms with van der Waals surface area (Å²) in [6.07, 6.45) is -0.457. The van der Waals surface area contributed by atoms with E-state index in [-0.39, 0.29) is 11.5 Å². The van der Waals surface area contributed by atoms with Gasteiger partial charge in [0.15, 0.2) is 0 Å². The number of nitrogens with one attached hydrogen (secondary N) is 1. The van der Waals surface area contributed by atoms with Gasteiger partial charge in [0, 0.05) is 21.6 Å². The van der Waals surface area contributed by atoms with Crippen molar-refractivity contribution < 1.29 is 5.11 Å². The van der Waals surface area contributed by atoms with Crippen LogP contribution in [0.2, 0.25) is 5.02 Å². The van der Waals surface area contributed by atoms with Gasteiger partial charge in [0.1, 0.15) is 0 Å². The standard InChI is InChI=1S/C13H17BrClNO/c1-6-5-8(14)10(15)9-7(2)12(17)13(3,4)16-11(6)9/h5,7,12,16-17H,1-4H3/t7-,12-/m0/s1. The Morgan fingerprint density at radius 2 is 2.06 bits per heavy atom. The third-order valence-electron chi connectivity index (χ3n) is 3.57. The summed E-state index contributed by atoms with van der Waals surface area (Å²) < 4.78 is 0.885. The normalized spacial score (nSPS) is 26.3. The van der Waals surface area contributed by atoms with Crippen molar-refractivity contribution in [2.24, 2.45) is 0 Å². The van der Waals surface area contributed by atoms with Crippen molar-refractivity contribution in [1.29, 1.82) is 0 Å². The number of aliphatic hydroxyl groups excluding tert-OH is 1. The number of anilines is 1. The van der Waals surface area contributed by atoms with Crippen molar-refractivity contribution in [3.63, 3.8) is 0 Å². The van der Waals surface area contributed by atoms with Gasteiger partial charge in [0.25, 0.3) is 0 Å². The number of benzene rings is 1. The van der Waals surface area contributed by atoms with Crippen LogP contribution < -0.4 is 5.32 Å². The number of halogens is 2. The molecule has 0 saturated heterocycles. The van der Waals surface area contributed by atoms with Gasteiger partial charge in [-0.1, -0.05) is 18.5 Å². The Kier molecular flexibility index (Phi) is 3.22. The van der Waals surface area contributed by atoms with E-state index in [0.717, 1.165) is 21.3 Å². The first-order valence-corrected chi connectivity index (χ1v) is 6.87. The SMILES string of the molecule is Cc1cc(Br)c(Cl)c2c1NC(C)(C)[C@@H](O)[C@H]2C. The highest BCUT2D eigenvalue weighted by molar-refractivity contribution is 9.10. The summed E-state index contributed by atoms with van der Waals surface area (Å²) in [4.78, 5) is 0. The third-order valence-corrected chi connectivity index (χ3v) is 4.83. The molecule has 4 heteroatoms. The predicted octanol–water partition coefficient (Wildman–Crippen LogP) is 4.08. The summed E-state index contributed by atoms with van der Waals surface area (Å²) in [6, 6.07) is 2.01. The summed E-state index contributed by atoms with van der Waals surface area (Å²) in [7, 11) is 0. The van der Waals surface area contributed by atoms with E-state index >= 15 is 0 Å². The van der Waals surface area contributed by atoms with Crippen LogP contribution in [0.3, 0.4) is 0 Å². The maximum atomic E-state index is 10.3. The van der Waals surface area contributed by atoms with Crippen LogP contribution >= 0.6 is 27.5 Å². The van der Waals surface area contributed by atoms with E-state index < -0.39 is 6.10 Å². The lowest BCUT2D eigenvalue weighted by atomic mass is 9.78. The molecule has 2 nitrogen and oxygen atoms in total. The Bertz CT molecular complexity index is 473. The molecule has 2 atom stereocenters. The number of aryl methyl sites for hydroxylation is 1. The highest BCUT2D eigenvalue weighted by Gasteiger charge is 2.40. The van der Waals surface area contributed by atoms with Gasteiger partial charge in [-0.15, -0.1) is 0 Å². The van der Waals surface area contributed by atoms with Crippen LogP contribution in [-0.2, 0) is 0 Å². The molecule has 0 spiro atoms. The van der Waals surface area contributed by atoms with Gasteiger partial charge < -0.3 is 10.4 Å². The highest BCUT2D eigenvalue weighted by atomic mass is 79.9. The summed E-state index contributed by atoms with van der Waals surface area (Å²) in [5.41, 5.74) is 2.86. The van der Waals surface area contributed by atoms with Gasteiger partial charge in [-0.05, 0) is 48.3 Å². The maximum absolute atomic E-state index is 10.3. The molecular formula is C13H17BrClNO. The first-order valence-electron chi connectivity index (χ1n) is 5.70. The Morgan fingerprint density at radius 3 is 2.65 bits per heavy atom. The van der Waals surface area contributed by atoms with Gasteiger partial charge >= 0.3 is 0 Å². The molecule has 0 amide bonds. The van der Waals surface area contributed by atoms with E-state index in [9.17, 15) is 5.11 Å². The van der Waals surface area contributed by atoms with Crippen molar-refractivity contribution in [3.05, 3.63) is 26.7 Å². The van der Waals surface area contributed by atoms with Crippen LogP contribution in [0.5, 0.6) is 0 Å². The minimum Gasteiger partial charge on any atom is -0.390 e. The number of hydrogen-bond acceptors (Lipinski definition) is 2. The van der Waals surface area contributed by atoms with E-state index in [2.05, 4.69) is 21.2 Å². The summed E-state index contributed by atoms with van der Waals surface area (Å²) in [5, 5.41) is 14.4. The molecular weight excluding hydrogens is 302 g/mol. The van der Waals surface area contributed by atoms with Crippen LogP contribution in [0.25, 0.3) is 0 Å². The molecule has 1 aromatic carbocycles. The number of aliphatic hydroxyl groups is 1. The van der Waals surface area contributed by atoms with E-state index in [0.29, 0.717) is 5.02 Å². The Hall–Kier alpha value is -0.250. The molecule has 94 valence electrons. The largest absolute Gasteiger partial charge is 0.390 e. The van der Waals surface area contributed by atoms with Crippen molar-refractivity contribution in [2.75, 3.05) is 5.32 Å². The average molecular weight is 319 g/mol. The van der Waals surface area contributed by atoms with Gasteiger partial charge in [-0.25, -0.2) is 0 Å². The molecule has 17 heavy (non-hydrogen) atoms. The molecule has 1 aromatic rings. The number of fused-ring (bicyclic) bond motifs is 1. The zero-order valence-corrected chi connectivity index (χ0v) is 12.8. The smallest absolute Gasteiger partial charge is 0.0831 e. The minimum atomic E-state index is -0.457. The Balaban J connectivity index is 2.69. The van der Waals surface area contributed by atoms with Crippen molar-refractivity contribution in [3.8, 4) is 0 Å². The molecule has 2 N–H and O–H groups in total. The second-order valence-electron chi connectivity index (χ2n) is 5.36. The lowest BCUT2D eigenvalue weighted by molar-refractivity contribution is 0.0869. The quantitative estimate of drug-likeness (QED) is 0.755. The first kappa shape index (κ1) is 13.2. The monoisotopic (exact) mass is 317 g/mol. The summed E-state index contributed by atoms with van der Waals surface area (Å²) in [5.74, 6) is 0.0185. The van der Waals surface area contributed by atoms with Crippen molar-refractivity contribution in [1.82, 2.24) is 0 Å². The van der Waals surface area contributed by atoms with Gasteiger partial charge in [-0.3, -0.25) is 0 Å². The minimum absolute atomic E-state index is 0.0185. The molecule has 0 fully saturated rings. The fourth-order valence-corrected chi connectivity index (χ4v) is 3.43. The molecule has 2 rings (SSSR count). The average Bonchev–Trinajstić information content (AvgIpc) is 2.22. The predicted molar refractivity (Wildman–Crippen MR) is 76.0 cm³/mol. The fraction of sp³-hybridized carbons (Fsp3) is 0.538. The lowest BCUT2D eigenvalue weighted by Crippen LogP contribution is -2.50. The van der Waals surface area contributed by atoms with Gasteiger partial charge in [-0.2, -0.15) is 0 Å². The van der Waals surface area contributed by atoms with E-state index in [1.54, 1.807) is 0 Å². The first-order chi connectivity index (χ1) is 7.75. The Labute approximate surface area is 115 Å². The van der Waals surface area contributed by atoms with Gasteiger partial charge in [0.05, 0.1) is 16.7 Å². The van der Waals surface area contributed by atoms with Crippen LogP contribution in [0, 0.1) is 6.92 Å². The van der Waals surface area contributed by atoms with Crippen molar-refractivity contribution in [2.45, 2.75) is 45.3 Å². The second-order valence-corrected chi connectivity index (χ2v) is 6.59. The zero-order valence-electron chi connectivity index (χ0n) is 10.4. The molecule has 0 aliphatic carbocycles. The zero-order chi connectivity index (χ0) is 13.0. The maximum Gasteiger partial charge on any atom is 0.0831 e. The Morgan fingerprint density at radius 1 is 1.47 bits per heavy atom. The number of rotatable bonds is 0. The molecule has 0 saturated carbocycles. The molecule has 1 heterocycles. The third kappa shape index (κ3) is 1.98. The van der Waals surface area contributed by atoms with Crippen LogP contribution in [-0.4, -0.2) is 16.7 Å². The van der Waals surface area contributed by atoms with E-state index in [4.69, 9.17) is 11.6 Å². The fourth-order valence-electron chi connectivity index (χ4n) is 2.55. The second kappa shape index (κ2) is 4.15. The van der Waals surface area contributed by atoms with Crippen LogP contribution in [0.1, 0.15) is 37.8 Å². The van der Waals surface area contributed by atoms with Gasteiger partial charge in [0.2, 0.25) is 0 Å². The van der Waals surface area contributed by atoms with Crippen LogP contribution in [0.15, 0.2) is 10.5 Å². The molecule has 0 radical (unpaired) electrons. The van der Waals surface area contributed by atoms with Crippen LogP contribution in [0.4, 0.5) is 5.69 Å². The summed E-state index contributed by atoms with van der Waals surface area (Å²) >= 11 is 9.80. The molecule has 0 bridgehead atoms. The van der Waals surface area contributed by atoms with E-state index in [1.165, 1.54) is 0 Å². The number of hydrogen-bond donors (Lipinski definition) is 2. The van der Waals surface area contributed by atoms with E-state index in [1.807, 2.05) is 33.8 Å². The molecule has 1 aliphatic rings. The van der Waals surface area contributed by atoms with Crippen molar-refractivity contribution >= 4 is 33.2 Å². The summed E-state index contributed by atoms with van der Waals surface area (Å²) in [6.45, 7) is 8.08. The topological polar surface area (TPSA) is 32.3 Å².